The van der Waals surface area contributed by atoms with Gasteiger partial charge >= 0.3 is 12.5 Å². The maximum absolute atomic E-state index is 13.9. The van der Waals surface area contributed by atoms with Crippen LogP contribution >= 0.6 is 11.6 Å². The number of rotatable bonds is 7. The van der Waals surface area contributed by atoms with Gasteiger partial charge in [-0.05, 0) is 53.6 Å². The number of hydrogen-bond donors (Lipinski definition) is 1. The van der Waals surface area contributed by atoms with E-state index in [2.05, 4.69) is 15.0 Å². The van der Waals surface area contributed by atoms with E-state index in [9.17, 15) is 35.5 Å². The summed E-state index contributed by atoms with van der Waals surface area (Å²) in [6.45, 7) is 0. The van der Waals surface area contributed by atoms with Crippen molar-refractivity contribution in [2.45, 2.75) is 24.5 Å². The summed E-state index contributed by atoms with van der Waals surface area (Å²) in [4.78, 5) is 17.8. The van der Waals surface area contributed by atoms with Crippen LogP contribution in [0.3, 0.4) is 0 Å². The molecule has 3 aromatic carbocycles. The van der Waals surface area contributed by atoms with Crippen LogP contribution in [0.4, 0.5) is 30.7 Å². The van der Waals surface area contributed by atoms with Gasteiger partial charge in [0.15, 0.2) is 0 Å². The van der Waals surface area contributed by atoms with Crippen LogP contribution in [0.1, 0.15) is 32.7 Å². The van der Waals surface area contributed by atoms with Crippen molar-refractivity contribution in [2.24, 2.45) is 0 Å². The minimum atomic E-state index is -5.08. The molecule has 1 atom stereocenters. The van der Waals surface area contributed by atoms with Crippen molar-refractivity contribution in [3.8, 4) is 5.75 Å². The Morgan fingerprint density at radius 2 is 1.60 bits per heavy atom. The number of amides is 1. The average molecular weight is 583 g/mol. The lowest BCUT2D eigenvalue weighted by Gasteiger charge is -2.36. The lowest BCUT2D eigenvalue weighted by atomic mass is 9.80. The average Bonchev–Trinajstić information content (AvgIpc) is 2.88. The van der Waals surface area contributed by atoms with E-state index in [0.717, 1.165) is 18.2 Å². The van der Waals surface area contributed by atoms with Crippen LogP contribution < -0.4 is 10.1 Å². The van der Waals surface area contributed by atoms with Crippen molar-refractivity contribution in [3.63, 3.8) is 0 Å². The third-order valence-electron chi connectivity index (χ3n) is 5.90. The lowest BCUT2D eigenvalue weighted by molar-refractivity contribution is -0.274. The van der Waals surface area contributed by atoms with Gasteiger partial charge in [-0.15, -0.1) is 13.2 Å². The molecule has 0 bridgehead atoms. The molecule has 208 valence electrons. The summed E-state index contributed by atoms with van der Waals surface area (Å²) in [6, 6.07) is 17.8. The largest absolute Gasteiger partial charge is 0.573 e. The van der Waals surface area contributed by atoms with Crippen molar-refractivity contribution in [1.82, 2.24) is 10.3 Å². The Morgan fingerprint density at radius 1 is 0.875 bits per heavy atom. The highest BCUT2D eigenvalue weighted by Gasteiger charge is 2.40. The predicted molar refractivity (Wildman–Crippen MR) is 132 cm³/mol. The van der Waals surface area contributed by atoms with Gasteiger partial charge in [-0.25, -0.2) is 4.39 Å². The second-order valence-electron chi connectivity index (χ2n) is 8.65. The Hall–Kier alpha value is -4.12. The molecule has 0 saturated carbocycles. The Kier molecular flexibility index (Phi) is 8.06. The molecule has 4 nitrogen and oxygen atoms in total. The van der Waals surface area contributed by atoms with Crippen molar-refractivity contribution in [2.75, 3.05) is 0 Å². The molecule has 1 aromatic heterocycles. The fourth-order valence-corrected chi connectivity index (χ4v) is 4.27. The van der Waals surface area contributed by atoms with Crippen LogP contribution in [0.25, 0.3) is 0 Å². The number of ether oxygens (including phenoxy) is 1. The standard InChI is InChI=1S/C28H18ClF7N2O2/c29-20-10-12-24(37-16-20)26(15-17-5-2-1-3-6-17,19-7-4-8-21(14-19)40-28(34,35)36)38-25(39)18-9-11-23(30)22(13-18)27(31,32)33/h1-14,16H,15H2,(H,38,39). The molecule has 0 radical (unpaired) electrons. The maximum atomic E-state index is 13.9. The van der Waals surface area contributed by atoms with Gasteiger partial charge in [0.1, 0.15) is 17.1 Å². The first-order valence-electron chi connectivity index (χ1n) is 11.5. The number of hydrogen-bond acceptors (Lipinski definition) is 3. The Balaban J connectivity index is 1.92. The highest BCUT2D eigenvalue weighted by Crippen LogP contribution is 2.37. The minimum absolute atomic E-state index is 0.0689. The molecule has 0 aliphatic heterocycles. The second-order valence-corrected chi connectivity index (χ2v) is 9.09. The first kappa shape index (κ1) is 28.9. The molecular weight excluding hydrogens is 565 g/mol. The molecule has 4 aromatic rings. The Bertz CT molecular complexity index is 1490. The van der Waals surface area contributed by atoms with Gasteiger partial charge in [0, 0.05) is 18.2 Å². The predicted octanol–water partition coefficient (Wildman–Crippen LogP) is 7.71. The van der Waals surface area contributed by atoms with Gasteiger partial charge in [0.2, 0.25) is 0 Å². The molecule has 1 N–H and O–H groups in total. The fourth-order valence-electron chi connectivity index (χ4n) is 4.16. The molecule has 4 rings (SSSR count). The minimum Gasteiger partial charge on any atom is -0.406 e. The molecule has 0 aliphatic rings. The third kappa shape index (κ3) is 6.71. The van der Waals surface area contributed by atoms with Gasteiger partial charge in [-0.3, -0.25) is 9.78 Å². The quantitative estimate of drug-likeness (QED) is 0.227. The van der Waals surface area contributed by atoms with Crippen molar-refractivity contribution < 1.29 is 40.3 Å². The van der Waals surface area contributed by atoms with E-state index >= 15 is 0 Å². The topological polar surface area (TPSA) is 51.2 Å². The van der Waals surface area contributed by atoms with Gasteiger partial charge in [-0.1, -0.05) is 54.1 Å². The number of nitrogens with one attached hydrogen (secondary N) is 1. The van der Waals surface area contributed by atoms with E-state index < -0.39 is 46.7 Å². The first-order valence-corrected chi connectivity index (χ1v) is 11.9. The molecule has 1 heterocycles. The van der Waals surface area contributed by atoms with Crippen LogP contribution in [0.2, 0.25) is 5.02 Å². The fraction of sp³-hybridized carbons (Fsp3) is 0.143. The molecule has 0 saturated heterocycles. The summed E-state index contributed by atoms with van der Waals surface area (Å²) in [5.74, 6) is -3.25. The molecule has 0 spiro atoms. The van der Waals surface area contributed by atoms with Crippen molar-refractivity contribution in [1.29, 1.82) is 0 Å². The van der Waals surface area contributed by atoms with Crippen LogP contribution in [0, 0.1) is 5.82 Å². The van der Waals surface area contributed by atoms with Crippen LogP contribution in [-0.4, -0.2) is 17.3 Å². The van der Waals surface area contributed by atoms with Crippen LogP contribution in [0.15, 0.2) is 91.1 Å². The Labute approximate surface area is 228 Å². The first-order chi connectivity index (χ1) is 18.8. The molecule has 40 heavy (non-hydrogen) atoms. The molecule has 0 fully saturated rings. The van der Waals surface area contributed by atoms with Gasteiger partial charge in [-0.2, -0.15) is 13.2 Å². The number of carbonyl (C=O) groups excluding carboxylic acids is 1. The number of halogens is 8. The molecular formula is C28H18ClF7N2O2. The molecule has 1 unspecified atom stereocenters. The van der Waals surface area contributed by atoms with E-state index in [0.29, 0.717) is 17.7 Å². The number of aromatic nitrogens is 1. The normalized spacial score (nSPS) is 13.4. The number of pyridine rings is 1. The molecule has 1 amide bonds. The highest BCUT2D eigenvalue weighted by atomic mass is 35.5. The zero-order chi connectivity index (χ0) is 29.1. The summed E-state index contributed by atoms with van der Waals surface area (Å²) in [7, 11) is 0. The van der Waals surface area contributed by atoms with Gasteiger partial charge in [0.25, 0.3) is 5.91 Å². The van der Waals surface area contributed by atoms with E-state index in [1.165, 1.54) is 30.5 Å². The summed E-state index contributed by atoms with van der Waals surface area (Å²) >= 11 is 6.01. The van der Waals surface area contributed by atoms with Crippen LogP contribution in [-0.2, 0) is 18.1 Å². The summed E-state index contributed by atoms with van der Waals surface area (Å²) in [5.41, 5.74) is -3.17. The third-order valence-corrected chi connectivity index (χ3v) is 6.12. The van der Waals surface area contributed by atoms with E-state index in [-0.39, 0.29) is 22.7 Å². The summed E-state index contributed by atoms with van der Waals surface area (Å²) < 4.78 is 97.2. The second kappa shape index (κ2) is 11.2. The lowest BCUT2D eigenvalue weighted by Crippen LogP contribution is -2.49. The summed E-state index contributed by atoms with van der Waals surface area (Å²) in [5, 5.41) is 2.88. The number of carbonyl (C=O) groups is 1. The van der Waals surface area contributed by atoms with Gasteiger partial charge in [0.05, 0.1) is 16.3 Å². The maximum Gasteiger partial charge on any atom is 0.573 e. The van der Waals surface area contributed by atoms with Crippen LogP contribution in [0.5, 0.6) is 5.75 Å². The zero-order valence-electron chi connectivity index (χ0n) is 20.2. The molecule has 0 aliphatic carbocycles. The smallest absolute Gasteiger partial charge is 0.406 e. The number of alkyl halides is 6. The monoisotopic (exact) mass is 582 g/mol. The van der Waals surface area contributed by atoms with E-state index in [1.807, 2.05) is 0 Å². The van der Waals surface area contributed by atoms with Crippen molar-refractivity contribution >= 4 is 17.5 Å². The van der Waals surface area contributed by atoms with E-state index in [1.54, 1.807) is 30.3 Å². The van der Waals surface area contributed by atoms with E-state index in [4.69, 9.17) is 11.6 Å². The number of benzene rings is 3. The van der Waals surface area contributed by atoms with Gasteiger partial charge < -0.3 is 10.1 Å². The SMILES string of the molecule is O=C(NC(Cc1ccccc1)(c1cccc(OC(F)(F)F)c1)c1ccc(Cl)cn1)c1ccc(F)c(C(F)(F)F)c1. The molecule has 12 heteroatoms. The summed E-state index contributed by atoms with van der Waals surface area (Å²) in [6.07, 6.45) is -8.96. The number of nitrogens with zero attached hydrogens (tertiary/aromatic N) is 1. The van der Waals surface area contributed by atoms with Crippen molar-refractivity contribution in [3.05, 3.63) is 130 Å². The Morgan fingerprint density at radius 3 is 2.23 bits per heavy atom. The zero-order valence-corrected chi connectivity index (χ0v) is 20.9. The highest BCUT2D eigenvalue weighted by molar-refractivity contribution is 6.30.